The number of para-hydroxylation sites is 1. The number of ether oxygens (including phenoxy) is 1. The van der Waals surface area contributed by atoms with Crippen LogP contribution >= 0.6 is 12.2 Å². The fourth-order valence-electron chi connectivity index (χ4n) is 5.53. The minimum Gasteiger partial charge on any atom is -0.496 e. The lowest BCUT2D eigenvalue weighted by Gasteiger charge is -2.40. The van der Waals surface area contributed by atoms with Crippen molar-refractivity contribution in [3.05, 3.63) is 65.4 Å². The summed E-state index contributed by atoms with van der Waals surface area (Å²) in [5.74, 6) is 0.673. The zero-order valence-electron chi connectivity index (χ0n) is 20.6. The second kappa shape index (κ2) is 9.46. The Balaban J connectivity index is 1.22. The second-order valence-corrected chi connectivity index (χ2v) is 10.4. The van der Waals surface area contributed by atoms with Crippen LogP contribution in [-0.4, -0.2) is 59.1 Å². The Morgan fingerprint density at radius 2 is 1.66 bits per heavy atom. The van der Waals surface area contributed by atoms with Gasteiger partial charge in [-0.05, 0) is 86.1 Å². The number of fused-ring (bicyclic) bond motifs is 1. The van der Waals surface area contributed by atoms with Crippen LogP contribution in [0, 0.1) is 19.3 Å². The Hall–Kier alpha value is -3.19. The van der Waals surface area contributed by atoms with Gasteiger partial charge in [0.25, 0.3) is 5.91 Å². The second-order valence-electron chi connectivity index (χ2n) is 10.00. The number of amides is 1. The molecule has 0 radical (unpaired) electrons. The number of aryl methyl sites for hydroxylation is 2. The molecule has 2 aromatic carbocycles. The Morgan fingerprint density at radius 3 is 2.34 bits per heavy atom. The number of hydrogen-bond acceptors (Lipinski definition) is 4. The van der Waals surface area contributed by atoms with Crippen molar-refractivity contribution in [1.29, 1.82) is 0 Å². The van der Waals surface area contributed by atoms with E-state index in [2.05, 4.69) is 47.2 Å². The largest absolute Gasteiger partial charge is 0.496 e. The Bertz CT molecular complexity index is 1260. The zero-order valence-corrected chi connectivity index (χ0v) is 21.5. The van der Waals surface area contributed by atoms with Crippen molar-refractivity contribution in [2.24, 2.45) is 5.41 Å². The van der Waals surface area contributed by atoms with Crippen LogP contribution in [0.15, 0.2) is 48.5 Å². The van der Waals surface area contributed by atoms with Crippen LogP contribution in [0.2, 0.25) is 0 Å². The lowest BCUT2D eigenvalue weighted by atomic mass is 9.78. The number of carbonyl (C=O) groups is 1. The summed E-state index contributed by atoms with van der Waals surface area (Å²) in [6.45, 7) is 7.54. The molecule has 2 aliphatic rings. The number of likely N-dealkylation sites (tertiary alicyclic amines) is 2. The van der Waals surface area contributed by atoms with Crippen LogP contribution in [0.1, 0.15) is 40.9 Å². The number of piperidine rings is 1. The maximum absolute atomic E-state index is 13.4. The Labute approximate surface area is 212 Å². The molecule has 5 rings (SSSR count). The van der Waals surface area contributed by atoms with Crippen molar-refractivity contribution < 1.29 is 9.53 Å². The molecule has 2 aliphatic heterocycles. The van der Waals surface area contributed by atoms with Gasteiger partial charge < -0.3 is 19.9 Å². The summed E-state index contributed by atoms with van der Waals surface area (Å²) in [6.07, 6.45) is 3.08. The van der Waals surface area contributed by atoms with Crippen molar-refractivity contribution in [2.45, 2.75) is 33.1 Å². The maximum Gasteiger partial charge on any atom is 0.272 e. The first-order valence-electron chi connectivity index (χ1n) is 12.2. The van der Waals surface area contributed by atoms with Crippen LogP contribution in [0.5, 0.6) is 5.75 Å². The molecular weight excluding hydrogens is 456 g/mol. The summed E-state index contributed by atoms with van der Waals surface area (Å²) in [6, 6.07) is 16.0. The number of nitrogens with one attached hydrogen (secondary N) is 1. The molecule has 0 saturated carbocycles. The molecule has 3 aromatic rings. The van der Waals surface area contributed by atoms with E-state index in [1.807, 2.05) is 29.2 Å². The smallest absolute Gasteiger partial charge is 0.272 e. The van der Waals surface area contributed by atoms with Crippen molar-refractivity contribution in [3.8, 4) is 5.75 Å². The van der Waals surface area contributed by atoms with Crippen LogP contribution in [0.4, 0.5) is 5.69 Å². The number of benzene rings is 2. The molecule has 1 aromatic heterocycles. The van der Waals surface area contributed by atoms with E-state index in [-0.39, 0.29) is 11.3 Å². The average molecular weight is 489 g/mol. The van der Waals surface area contributed by atoms with Gasteiger partial charge in [0.15, 0.2) is 5.11 Å². The highest BCUT2D eigenvalue weighted by molar-refractivity contribution is 7.80. The van der Waals surface area contributed by atoms with Gasteiger partial charge in [0.05, 0.1) is 12.6 Å². The highest BCUT2D eigenvalue weighted by atomic mass is 32.1. The van der Waals surface area contributed by atoms with Gasteiger partial charge in [0.1, 0.15) is 11.4 Å². The number of thiocarbonyl (C=S) groups is 1. The third kappa shape index (κ3) is 4.82. The summed E-state index contributed by atoms with van der Waals surface area (Å²) in [7, 11) is 1.63. The number of nitrogens with zero attached hydrogens (tertiary/aromatic N) is 3. The van der Waals surface area contributed by atoms with Gasteiger partial charge in [-0.25, -0.2) is 4.98 Å². The molecule has 6 nitrogen and oxygen atoms in total. The van der Waals surface area contributed by atoms with E-state index in [4.69, 9.17) is 17.0 Å². The van der Waals surface area contributed by atoms with Gasteiger partial charge in [0.2, 0.25) is 0 Å². The molecule has 3 heterocycles. The molecule has 0 bridgehead atoms. The Morgan fingerprint density at radius 1 is 1.00 bits per heavy atom. The highest BCUT2D eigenvalue weighted by Gasteiger charge is 2.42. The molecule has 1 spiro atoms. The molecule has 1 amide bonds. The summed E-state index contributed by atoms with van der Waals surface area (Å²) >= 11 is 5.73. The van der Waals surface area contributed by atoms with Crippen LogP contribution in [0.25, 0.3) is 10.9 Å². The summed E-state index contributed by atoms with van der Waals surface area (Å²) in [5.41, 5.74) is 4.88. The van der Waals surface area contributed by atoms with E-state index >= 15 is 0 Å². The molecule has 2 saturated heterocycles. The first kappa shape index (κ1) is 23.5. The summed E-state index contributed by atoms with van der Waals surface area (Å²) in [5, 5.41) is 5.12. The van der Waals surface area contributed by atoms with Gasteiger partial charge in [-0.1, -0.05) is 18.2 Å². The SMILES string of the molecule is COc1cc(C(=O)N2CCC3(CCN(C(=S)Nc4cc(C)cc(C)c4)CC3)C2)nc2ccccc12. The molecule has 1 N–H and O–H groups in total. The summed E-state index contributed by atoms with van der Waals surface area (Å²) < 4.78 is 5.55. The number of carbonyl (C=O) groups excluding carboxylic acids is 1. The van der Waals surface area contributed by atoms with Gasteiger partial charge in [-0.3, -0.25) is 4.79 Å². The molecule has 7 heteroatoms. The average Bonchev–Trinajstić information content (AvgIpc) is 3.25. The minimum atomic E-state index is -0.0136. The number of methoxy groups -OCH3 is 1. The standard InChI is InChI=1S/C28H32N4O2S/c1-19-14-20(2)16-21(15-19)29-27(35)31-11-8-28(9-12-31)10-13-32(18-28)26(33)24-17-25(34-3)22-6-4-5-7-23(22)30-24/h4-7,14-17H,8-13,18H2,1-3H3,(H,29,35). The highest BCUT2D eigenvalue weighted by Crippen LogP contribution is 2.41. The van der Waals surface area contributed by atoms with E-state index < -0.39 is 0 Å². The van der Waals surface area contributed by atoms with E-state index in [0.717, 1.165) is 67.1 Å². The first-order chi connectivity index (χ1) is 16.9. The molecule has 0 aliphatic carbocycles. The normalized spacial score (nSPS) is 17.1. The van der Waals surface area contributed by atoms with Gasteiger partial charge in [-0.2, -0.15) is 0 Å². The van der Waals surface area contributed by atoms with Crippen molar-refractivity contribution in [2.75, 3.05) is 38.6 Å². The van der Waals surface area contributed by atoms with E-state index in [9.17, 15) is 4.79 Å². The molecular formula is C28H32N4O2S. The molecule has 2 fully saturated rings. The lowest BCUT2D eigenvalue weighted by molar-refractivity contribution is 0.0743. The molecule has 0 unspecified atom stereocenters. The van der Waals surface area contributed by atoms with E-state index in [0.29, 0.717) is 11.4 Å². The zero-order chi connectivity index (χ0) is 24.6. The van der Waals surface area contributed by atoms with Crippen LogP contribution < -0.4 is 10.1 Å². The molecule has 182 valence electrons. The number of rotatable bonds is 3. The first-order valence-corrected chi connectivity index (χ1v) is 12.6. The Kier molecular flexibility index (Phi) is 6.36. The number of hydrogen-bond donors (Lipinski definition) is 1. The molecule has 35 heavy (non-hydrogen) atoms. The quantitative estimate of drug-likeness (QED) is 0.513. The van der Waals surface area contributed by atoms with Crippen molar-refractivity contribution in [1.82, 2.24) is 14.8 Å². The van der Waals surface area contributed by atoms with Gasteiger partial charge >= 0.3 is 0 Å². The molecule has 0 atom stereocenters. The third-order valence-corrected chi connectivity index (χ3v) is 7.79. The monoisotopic (exact) mass is 488 g/mol. The van der Waals surface area contributed by atoms with Crippen LogP contribution in [-0.2, 0) is 0 Å². The van der Waals surface area contributed by atoms with Crippen molar-refractivity contribution in [3.63, 3.8) is 0 Å². The fraction of sp³-hybridized carbons (Fsp3) is 0.393. The van der Waals surface area contributed by atoms with Gasteiger partial charge in [0, 0.05) is 43.3 Å². The maximum atomic E-state index is 13.4. The van der Waals surface area contributed by atoms with Crippen LogP contribution in [0.3, 0.4) is 0 Å². The van der Waals surface area contributed by atoms with E-state index in [1.54, 1.807) is 13.2 Å². The number of aromatic nitrogens is 1. The number of anilines is 1. The number of pyridine rings is 1. The van der Waals surface area contributed by atoms with Crippen molar-refractivity contribution >= 4 is 39.8 Å². The predicted molar refractivity (Wildman–Crippen MR) is 144 cm³/mol. The predicted octanol–water partition coefficient (Wildman–Crippen LogP) is 5.19. The van der Waals surface area contributed by atoms with E-state index in [1.165, 1.54) is 11.1 Å². The summed E-state index contributed by atoms with van der Waals surface area (Å²) in [4.78, 5) is 22.3. The lowest BCUT2D eigenvalue weighted by Crippen LogP contribution is -2.46. The third-order valence-electron chi connectivity index (χ3n) is 7.43. The fourth-order valence-corrected chi connectivity index (χ4v) is 5.83. The topological polar surface area (TPSA) is 57.7 Å². The van der Waals surface area contributed by atoms with Gasteiger partial charge in [-0.15, -0.1) is 0 Å². The minimum absolute atomic E-state index is 0.0136.